The smallest absolute Gasteiger partial charge is 0.277 e. The lowest BCUT2D eigenvalue weighted by molar-refractivity contribution is 0.102. The second kappa shape index (κ2) is 3.74. The Bertz CT molecular complexity index is 465. The third-order valence-electron chi connectivity index (χ3n) is 1.70. The summed E-state index contributed by atoms with van der Waals surface area (Å²) in [5.41, 5.74) is 6.10. The maximum Gasteiger partial charge on any atom is 0.277 e. The van der Waals surface area contributed by atoms with Gasteiger partial charge in [0.15, 0.2) is 5.82 Å². The van der Waals surface area contributed by atoms with Crippen LogP contribution in [0.2, 0.25) is 0 Å². The van der Waals surface area contributed by atoms with Gasteiger partial charge in [-0.3, -0.25) is 14.9 Å². The molecule has 0 fully saturated rings. The minimum atomic E-state index is -0.390. The molecule has 0 radical (unpaired) electrons. The van der Waals surface area contributed by atoms with Crippen LogP contribution in [-0.2, 0) is 0 Å². The standard InChI is InChI=1S/C8H8N6O/c9-5-3-12-14-7(5)13-8(15)6-4-10-1-2-11-6/h1-4H,9H2,(H2,12,13,14,15). The number of aromatic amines is 1. The number of carbonyl (C=O) groups excluding carboxylic acids is 1. The van der Waals surface area contributed by atoms with Crippen molar-refractivity contribution in [1.29, 1.82) is 0 Å². The third-order valence-corrected chi connectivity index (χ3v) is 1.70. The van der Waals surface area contributed by atoms with Gasteiger partial charge in [0.05, 0.1) is 18.1 Å². The van der Waals surface area contributed by atoms with E-state index in [-0.39, 0.29) is 11.6 Å². The van der Waals surface area contributed by atoms with Gasteiger partial charge in [-0.25, -0.2) is 4.98 Å². The molecule has 76 valence electrons. The summed E-state index contributed by atoms with van der Waals surface area (Å²) in [6.45, 7) is 0. The largest absolute Gasteiger partial charge is 0.394 e. The summed E-state index contributed by atoms with van der Waals surface area (Å²) in [4.78, 5) is 19.2. The molecule has 0 atom stereocenters. The molecule has 2 rings (SSSR count). The molecule has 0 saturated carbocycles. The van der Waals surface area contributed by atoms with Crippen molar-refractivity contribution in [3.63, 3.8) is 0 Å². The predicted octanol–water partition coefficient (Wildman–Crippen LogP) is 0.0342. The van der Waals surface area contributed by atoms with Crippen LogP contribution in [0, 0.1) is 0 Å². The molecule has 2 aromatic rings. The number of hydrogen-bond acceptors (Lipinski definition) is 5. The van der Waals surface area contributed by atoms with Crippen molar-refractivity contribution in [1.82, 2.24) is 20.2 Å². The van der Waals surface area contributed by atoms with Crippen molar-refractivity contribution in [2.45, 2.75) is 0 Å². The van der Waals surface area contributed by atoms with E-state index in [1.54, 1.807) is 0 Å². The summed E-state index contributed by atoms with van der Waals surface area (Å²) >= 11 is 0. The Morgan fingerprint density at radius 1 is 1.40 bits per heavy atom. The van der Waals surface area contributed by atoms with Crippen molar-refractivity contribution in [2.24, 2.45) is 0 Å². The summed E-state index contributed by atoms with van der Waals surface area (Å²) in [5, 5.41) is 8.74. The number of nitrogens with zero attached hydrogens (tertiary/aromatic N) is 3. The molecule has 0 spiro atoms. The fourth-order valence-corrected chi connectivity index (χ4v) is 0.989. The van der Waals surface area contributed by atoms with Gasteiger partial charge in [-0.2, -0.15) is 5.10 Å². The normalized spacial score (nSPS) is 9.87. The lowest BCUT2D eigenvalue weighted by Crippen LogP contribution is -2.14. The average Bonchev–Trinajstić information content (AvgIpc) is 2.66. The summed E-state index contributed by atoms with van der Waals surface area (Å²) in [6, 6.07) is 0. The highest BCUT2D eigenvalue weighted by Crippen LogP contribution is 2.12. The van der Waals surface area contributed by atoms with E-state index in [4.69, 9.17) is 5.73 Å². The van der Waals surface area contributed by atoms with Crippen LogP contribution in [0.1, 0.15) is 10.5 Å². The Labute approximate surface area is 84.7 Å². The number of amides is 1. The van der Waals surface area contributed by atoms with Crippen LogP contribution in [-0.4, -0.2) is 26.1 Å². The average molecular weight is 204 g/mol. The lowest BCUT2D eigenvalue weighted by atomic mass is 10.4. The predicted molar refractivity (Wildman–Crippen MR) is 53.0 cm³/mol. The number of hydrogen-bond donors (Lipinski definition) is 3. The first-order valence-corrected chi connectivity index (χ1v) is 4.13. The highest BCUT2D eigenvalue weighted by Gasteiger charge is 2.09. The first-order valence-electron chi connectivity index (χ1n) is 4.13. The van der Waals surface area contributed by atoms with Crippen LogP contribution < -0.4 is 11.1 Å². The van der Waals surface area contributed by atoms with Gasteiger partial charge in [0.25, 0.3) is 5.91 Å². The molecule has 0 unspecified atom stereocenters. The number of carbonyl (C=O) groups is 1. The third kappa shape index (κ3) is 1.90. The quantitative estimate of drug-likeness (QED) is 0.639. The van der Waals surface area contributed by atoms with E-state index in [9.17, 15) is 4.79 Å². The van der Waals surface area contributed by atoms with Crippen LogP contribution >= 0.6 is 0 Å². The fourth-order valence-electron chi connectivity index (χ4n) is 0.989. The maximum atomic E-state index is 11.5. The Morgan fingerprint density at radius 2 is 2.27 bits per heavy atom. The van der Waals surface area contributed by atoms with Crippen molar-refractivity contribution in [2.75, 3.05) is 11.1 Å². The number of nitrogen functional groups attached to an aromatic ring is 1. The molecule has 0 saturated heterocycles. The van der Waals surface area contributed by atoms with Crippen LogP contribution in [0.15, 0.2) is 24.8 Å². The molecule has 15 heavy (non-hydrogen) atoms. The van der Waals surface area contributed by atoms with Crippen molar-refractivity contribution < 1.29 is 4.79 Å². The molecule has 1 amide bonds. The second-order valence-electron chi connectivity index (χ2n) is 2.75. The molecular weight excluding hydrogens is 196 g/mol. The van der Waals surface area contributed by atoms with E-state index in [1.807, 2.05) is 0 Å². The Hall–Kier alpha value is -2.44. The van der Waals surface area contributed by atoms with Crippen molar-refractivity contribution in [3.05, 3.63) is 30.5 Å². The van der Waals surface area contributed by atoms with Gasteiger partial charge in [0.2, 0.25) is 0 Å². The molecule has 0 bridgehead atoms. The number of aromatic nitrogens is 4. The van der Waals surface area contributed by atoms with Crippen molar-refractivity contribution in [3.8, 4) is 0 Å². The number of rotatable bonds is 2. The van der Waals surface area contributed by atoms with E-state index in [0.29, 0.717) is 11.5 Å². The van der Waals surface area contributed by atoms with Gasteiger partial charge in [-0.15, -0.1) is 0 Å². The summed E-state index contributed by atoms with van der Waals surface area (Å²) in [6.07, 6.45) is 5.70. The molecule has 7 heteroatoms. The molecule has 0 aliphatic heterocycles. The minimum Gasteiger partial charge on any atom is -0.394 e. The summed E-state index contributed by atoms with van der Waals surface area (Å²) in [5.74, 6) is -0.0373. The van der Waals surface area contributed by atoms with Crippen molar-refractivity contribution >= 4 is 17.4 Å². The first kappa shape index (κ1) is 9.13. The molecule has 2 aromatic heterocycles. The fraction of sp³-hybridized carbons (Fsp3) is 0. The van der Waals surface area contributed by atoms with Gasteiger partial charge < -0.3 is 11.1 Å². The zero-order valence-electron chi connectivity index (χ0n) is 7.64. The van der Waals surface area contributed by atoms with Crippen LogP contribution in [0.3, 0.4) is 0 Å². The molecule has 0 aliphatic carbocycles. The van der Waals surface area contributed by atoms with Gasteiger partial charge in [-0.1, -0.05) is 0 Å². The topological polar surface area (TPSA) is 110 Å². The summed E-state index contributed by atoms with van der Waals surface area (Å²) in [7, 11) is 0. The maximum absolute atomic E-state index is 11.5. The van der Waals surface area contributed by atoms with E-state index >= 15 is 0 Å². The zero-order chi connectivity index (χ0) is 10.7. The van der Waals surface area contributed by atoms with E-state index < -0.39 is 0 Å². The number of nitrogens with two attached hydrogens (primary N) is 1. The Balaban J connectivity index is 2.15. The van der Waals surface area contributed by atoms with Gasteiger partial charge in [-0.05, 0) is 0 Å². The Morgan fingerprint density at radius 3 is 2.87 bits per heavy atom. The van der Waals surface area contributed by atoms with Crippen LogP contribution in [0.4, 0.5) is 11.5 Å². The monoisotopic (exact) mass is 204 g/mol. The molecule has 0 aromatic carbocycles. The van der Waals surface area contributed by atoms with Gasteiger partial charge in [0.1, 0.15) is 5.69 Å². The molecule has 7 nitrogen and oxygen atoms in total. The second-order valence-corrected chi connectivity index (χ2v) is 2.75. The van der Waals surface area contributed by atoms with Crippen LogP contribution in [0.5, 0.6) is 0 Å². The molecule has 0 aliphatic rings. The lowest BCUT2D eigenvalue weighted by Gasteiger charge is -2.01. The number of H-pyrrole nitrogens is 1. The first-order chi connectivity index (χ1) is 7.27. The number of anilines is 2. The zero-order valence-corrected chi connectivity index (χ0v) is 7.64. The van der Waals surface area contributed by atoms with E-state index in [2.05, 4.69) is 25.5 Å². The number of nitrogens with one attached hydrogen (secondary N) is 2. The highest BCUT2D eigenvalue weighted by molar-refractivity contribution is 6.03. The van der Waals surface area contributed by atoms with E-state index in [1.165, 1.54) is 24.8 Å². The highest BCUT2D eigenvalue weighted by atomic mass is 16.2. The minimum absolute atomic E-state index is 0.214. The van der Waals surface area contributed by atoms with Gasteiger partial charge >= 0.3 is 0 Å². The molecular formula is C8H8N6O. The SMILES string of the molecule is Nc1cn[nH]c1NC(=O)c1cnccn1. The summed E-state index contributed by atoms with van der Waals surface area (Å²) < 4.78 is 0. The van der Waals surface area contributed by atoms with Gasteiger partial charge in [0, 0.05) is 12.4 Å². The van der Waals surface area contributed by atoms with E-state index in [0.717, 1.165) is 0 Å². The van der Waals surface area contributed by atoms with Crippen LogP contribution in [0.25, 0.3) is 0 Å². The Kier molecular flexibility index (Phi) is 2.28. The molecule has 4 N–H and O–H groups in total. The molecule has 2 heterocycles.